The second kappa shape index (κ2) is 7.50. The van der Waals surface area contributed by atoms with E-state index in [4.69, 9.17) is 9.84 Å². The summed E-state index contributed by atoms with van der Waals surface area (Å²) in [5, 5.41) is 4.80. The Balaban J connectivity index is 1.57. The summed E-state index contributed by atoms with van der Waals surface area (Å²) in [6.45, 7) is 5.52. The number of hydrogen-bond donors (Lipinski definition) is 1. The Labute approximate surface area is 164 Å². The Hall–Kier alpha value is -3.09. The van der Waals surface area contributed by atoms with Gasteiger partial charge in [-0.2, -0.15) is 5.10 Å². The number of benzene rings is 1. The topological polar surface area (TPSA) is 76.0 Å². The number of rotatable bonds is 5. The second-order valence-corrected chi connectivity index (χ2v) is 7.34. The van der Waals surface area contributed by atoms with Crippen LogP contribution in [0.5, 0.6) is 5.75 Å². The minimum absolute atomic E-state index is 0.124. The van der Waals surface area contributed by atoms with Crippen LogP contribution >= 0.6 is 0 Å². The van der Waals surface area contributed by atoms with E-state index in [1.165, 1.54) is 5.69 Å². The second-order valence-electron chi connectivity index (χ2n) is 7.34. The van der Waals surface area contributed by atoms with Crippen LogP contribution < -0.4 is 4.74 Å². The van der Waals surface area contributed by atoms with Gasteiger partial charge in [0, 0.05) is 49.2 Å². The lowest BCUT2D eigenvalue weighted by Crippen LogP contribution is -2.37. The third-order valence-corrected chi connectivity index (χ3v) is 5.16. The minimum atomic E-state index is 0.124. The van der Waals surface area contributed by atoms with Crippen molar-refractivity contribution in [1.29, 1.82) is 0 Å². The maximum Gasteiger partial charge on any atom is 0.227 e. The van der Waals surface area contributed by atoms with Crippen molar-refractivity contribution < 1.29 is 9.53 Å². The lowest BCUT2D eigenvalue weighted by Gasteiger charge is -2.28. The summed E-state index contributed by atoms with van der Waals surface area (Å²) >= 11 is 0. The number of carbonyl (C=O) groups excluding carboxylic acids is 1. The van der Waals surface area contributed by atoms with E-state index in [9.17, 15) is 4.79 Å². The molecule has 1 N–H and O–H groups in total. The number of ether oxygens (including phenoxy) is 1. The molecule has 1 aliphatic heterocycles. The molecule has 3 heterocycles. The zero-order chi connectivity index (χ0) is 19.7. The van der Waals surface area contributed by atoms with E-state index in [1.807, 2.05) is 29.2 Å². The van der Waals surface area contributed by atoms with E-state index >= 15 is 0 Å². The lowest BCUT2D eigenvalue weighted by atomic mass is 10.0. The summed E-state index contributed by atoms with van der Waals surface area (Å²) in [7, 11) is 1.64. The number of imidazole rings is 1. The van der Waals surface area contributed by atoms with Gasteiger partial charge < -0.3 is 14.6 Å². The van der Waals surface area contributed by atoms with Gasteiger partial charge in [-0.1, -0.05) is 12.1 Å². The molecule has 0 bridgehead atoms. The Morgan fingerprint density at radius 2 is 2.07 bits per heavy atom. The van der Waals surface area contributed by atoms with Crippen LogP contribution in [-0.4, -0.2) is 44.2 Å². The molecule has 0 unspecified atom stereocenters. The first-order valence-corrected chi connectivity index (χ1v) is 9.57. The van der Waals surface area contributed by atoms with Crippen molar-refractivity contribution in [1.82, 2.24) is 24.6 Å². The zero-order valence-corrected chi connectivity index (χ0v) is 16.5. The summed E-state index contributed by atoms with van der Waals surface area (Å²) in [6.07, 6.45) is 4.71. The normalized spacial score (nSPS) is 13.6. The van der Waals surface area contributed by atoms with Crippen LogP contribution in [-0.2, 0) is 24.2 Å². The van der Waals surface area contributed by atoms with Gasteiger partial charge in [-0.25, -0.2) is 4.98 Å². The molecule has 4 rings (SSSR count). The summed E-state index contributed by atoms with van der Waals surface area (Å²) in [4.78, 5) is 22.4. The monoisotopic (exact) mass is 379 g/mol. The van der Waals surface area contributed by atoms with Crippen molar-refractivity contribution >= 4 is 5.91 Å². The van der Waals surface area contributed by atoms with E-state index in [0.29, 0.717) is 19.5 Å². The lowest BCUT2D eigenvalue weighted by molar-refractivity contribution is -0.131. The van der Waals surface area contributed by atoms with Gasteiger partial charge in [0.2, 0.25) is 5.91 Å². The Morgan fingerprint density at radius 3 is 2.71 bits per heavy atom. The van der Waals surface area contributed by atoms with Crippen LogP contribution in [0, 0.1) is 0 Å². The fraction of sp³-hybridized carbons (Fsp3) is 0.381. The van der Waals surface area contributed by atoms with Crippen molar-refractivity contribution in [3.05, 3.63) is 53.5 Å². The maximum absolute atomic E-state index is 12.9. The number of carbonyl (C=O) groups is 1. The predicted octanol–water partition coefficient (Wildman–Crippen LogP) is 2.99. The van der Waals surface area contributed by atoms with Gasteiger partial charge in [0.25, 0.3) is 0 Å². The van der Waals surface area contributed by atoms with Crippen molar-refractivity contribution in [2.24, 2.45) is 0 Å². The van der Waals surface area contributed by atoms with E-state index in [0.717, 1.165) is 34.8 Å². The molecule has 0 saturated carbocycles. The van der Waals surface area contributed by atoms with Crippen molar-refractivity contribution in [3.8, 4) is 17.3 Å². The first-order valence-electron chi connectivity index (χ1n) is 9.57. The highest BCUT2D eigenvalue weighted by molar-refractivity contribution is 5.79. The number of methoxy groups -OCH3 is 1. The average molecular weight is 379 g/mol. The SMILES string of the molecule is COc1ccc(CC(=O)N2CCc3c(c(-c4ncc[nH]4)nn3C(C)C)C2)cc1. The fourth-order valence-corrected chi connectivity index (χ4v) is 3.70. The molecular weight excluding hydrogens is 354 g/mol. The Morgan fingerprint density at radius 1 is 1.29 bits per heavy atom. The van der Waals surface area contributed by atoms with E-state index in [2.05, 4.69) is 28.5 Å². The summed E-state index contributed by atoms with van der Waals surface area (Å²) < 4.78 is 7.25. The van der Waals surface area contributed by atoms with Crippen molar-refractivity contribution in [2.75, 3.05) is 13.7 Å². The Bertz CT molecular complexity index is 958. The largest absolute Gasteiger partial charge is 0.497 e. The minimum Gasteiger partial charge on any atom is -0.497 e. The van der Waals surface area contributed by atoms with Crippen LogP contribution in [0.25, 0.3) is 11.5 Å². The maximum atomic E-state index is 12.9. The number of hydrogen-bond acceptors (Lipinski definition) is 4. The molecule has 0 atom stereocenters. The molecular formula is C21H25N5O2. The number of H-pyrrole nitrogens is 1. The smallest absolute Gasteiger partial charge is 0.227 e. The van der Waals surface area contributed by atoms with Crippen LogP contribution in [0.15, 0.2) is 36.7 Å². The molecule has 7 nitrogen and oxygen atoms in total. The van der Waals surface area contributed by atoms with Crippen LogP contribution in [0.3, 0.4) is 0 Å². The van der Waals surface area contributed by atoms with E-state index in [1.54, 1.807) is 19.5 Å². The molecule has 0 saturated heterocycles. The summed E-state index contributed by atoms with van der Waals surface area (Å²) in [5.41, 5.74) is 4.13. The number of nitrogens with one attached hydrogen (secondary N) is 1. The van der Waals surface area contributed by atoms with Gasteiger partial charge in [0.1, 0.15) is 11.4 Å². The van der Waals surface area contributed by atoms with Gasteiger partial charge in [-0.3, -0.25) is 9.48 Å². The fourth-order valence-electron chi connectivity index (χ4n) is 3.70. The molecule has 28 heavy (non-hydrogen) atoms. The van der Waals surface area contributed by atoms with Crippen molar-refractivity contribution in [3.63, 3.8) is 0 Å². The first kappa shape index (κ1) is 18.3. The molecule has 2 aromatic heterocycles. The van der Waals surface area contributed by atoms with Gasteiger partial charge in [-0.05, 0) is 31.5 Å². The number of aromatic amines is 1. The average Bonchev–Trinajstić information content (AvgIpc) is 3.35. The number of nitrogens with zero attached hydrogens (tertiary/aromatic N) is 4. The number of aromatic nitrogens is 4. The predicted molar refractivity (Wildman–Crippen MR) is 106 cm³/mol. The highest BCUT2D eigenvalue weighted by Gasteiger charge is 2.29. The van der Waals surface area contributed by atoms with Gasteiger partial charge >= 0.3 is 0 Å². The molecule has 3 aromatic rings. The summed E-state index contributed by atoms with van der Waals surface area (Å²) in [5.74, 6) is 1.67. The number of fused-ring (bicyclic) bond motifs is 1. The molecule has 0 spiro atoms. The van der Waals surface area contributed by atoms with E-state index < -0.39 is 0 Å². The highest BCUT2D eigenvalue weighted by Crippen LogP contribution is 2.30. The third kappa shape index (κ3) is 3.40. The molecule has 1 aliphatic rings. The van der Waals surface area contributed by atoms with Crippen LogP contribution in [0.4, 0.5) is 0 Å². The van der Waals surface area contributed by atoms with Crippen LogP contribution in [0.2, 0.25) is 0 Å². The standard InChI is InChI=1S/C21H25N5O2/c1-14(2)26-18-8-11-25(13-17(18)20(24-26)21-22-9-10-23-21)19(27)12-15-4-6-16(28-3)7-5-15/h4-7,9-10,14H,8,11-13H2,1-3H3,(H,22,23). The van der Waals surface area contributed by atoms with Crippen molar-refractivity contribution in [2.45, 2.75) is 39.3 Å². The molecule has 1 aromatic carbocycles. The Kier molecular flexibility index (Phi) is 4.90. The quantitative estimate of drug-likeness (QED) is 0.739. The van der Waals surface area contributed by atoms with Gasteiger partial charge in [-0.15, -0.1) is 0 Å². The van der Waals surface area contributed by atoms with E-state index in [-0.39, 0.29) is 11.9 Å². The molecule has 0 radical (unpaired) electrons. The van der Waals surface area contributed by atoms with Gasteiger partial charge in [0.15, 0.2) is 5.82 Å². The molecule has 0 aliphatic carbocycles. The third-order valence-electron chi connectivity index (χ3n) is 5.16. The molecule has 0 fully saturated rings. The first-order chi connectivity index (χ1) is 13.6. The van der Waals surface area contributed by atoms with Gasteiger partial charge in [0.05, 0.1) is 13.5 Å². The highest BCUT2D eigenvalue weighted by atomic mass is 16.5. The summed E-state index contributed by atoms with van der Waals surface area (Å²) in [6, 6.07) is 7.92. The molecule has 1 amide bonds. The zero-order valence-electron chi connectivity index (χ0n) is 16.5. The molecule has 146 valence electrons. The number of amides is 1. The molecule has 7 heteroatoms. The van der Waals surface area contributed by atoms with Crippen LogP contribution in [0.1, 0.15) is 36.7 Å².